The molecule has 0 aromatic heterocycles. The van der Waals surface area contributed by atoms with Crippen LogP contribution in [0, 0.1) is 16.7 Å². The molecule has 86 valence electrons. The van der Waals surface area contributed by atoms with Gasteiger partial charge in [0.15, 0.2) is 0 Å². The van der Waals surface area contributed by atoms with Crippen LogP contribution in [0.2, 0.25) is 0 Å². The lowest BCUT2D eigenvalue weighted by Crippen LogP contribution is -2.54. The van der Waals surface area contributed by atoms with E-state index >= 15 is 0 Å². The number of aliphatic carboxylic acids is 1. The second kappa shape index (κ2) is 3.21. The molecule has 3 heteroatoms. The molecular formula is C12H21NO2. The van der Waals surface area contributed by atoms with Crippen molar-refractivity contribution in [1.82, 2.24) is 4.90 Å². The Labute approximate surface area is 91.5 Å². The minimum atomic E-state index is -0.596. The average molecular weight is 211 g/mol. The highest BCUT2D eigenvalue weighted by molar-refractivity contribution is 5.78. The number of carboxylic acids is 1. The van der Waals surface area contributed by atoms with Gasteiger partial charge in [0, 0.05) is 19.6 Å². The largest absolute Gasteiger partial charge is 0.481 e. The van der Waals surface area contributed by atoms with E-state index in [4.69, 9.17) is 5.11 Å². The van der Waals surface area contributed by atoms with Crippen LogP contribution >= 0.6 is 0 Å². The Morgan fingerprint density at radius 1 is 1.40 bits per heavy atom. The zero-order valence-corrected chi connectivity index (χ0v) is 9.92. The molecule has 1 aliphatic carbocycles. The maximum Gasteiger partial charge on any atom is 0.310 e. The van der Waals surface area contributed by atoms with Crippen LogP contribution in [0.4, 0.5) is 0 Å². The Hall–Kier alpha value is -0.570. The fraction of sp³-hybridized carbons (Fsp3) is 0.917. The van der Waals surface area contributed by atoms with Crippen LogP contribution in [0.5, 0.6) is 0 Å². The molecule has 0 unspecified atom stereocenters. The highest BCUT2D eigenvalue weighted by Gasteiger charge is 2.52. The third kappa shape index (κ3) is 2.03. The van der Waals surface area contributed by atoms with Crippen molar-refractivity contribution in [3.8, 4) is 0 Å². The molecule has 2 rings (SSSR count). The normalized spacial score (nSPS) is 26.1. The predicted octanol–water partition coefficient (Wildman–Crippen LogP) is 1.83. The first-order valence-corrected chi connectivity index (χ1v) is 5.79. The Morgan fingerprint density at radius 3 is 2.27 bits per heavy atom. The molecule has 0 aromatic carbocycles. The number of carboxylic acid groups (broad SMARTS) is 1. The number of hydrogen-bond acceptors (Lipinski definition) is 2. The zero-order chi connectivity index (χ0) is 11.3. The Bertz CT molecular complexity index is 270. The summed E-state index contributed by atoms with van der Waals surface area (Å²) in [6.07, 6.45) is 1.75. The van der Waals surface area contributed by atoms with Gasteiger partial charge in [-0.15, -0.1) is 0 Å². The van der Waals surface area contributed by atoms with Gasteiger partial charge >= 0.3 is 5.97 Å². The first kappa shape index (κ1) is 10.9. The van der Waals surface area contributed by atoms with Gasteiger partial charge in [0.2, 0.25) is 0 Å². The minimum absolute atomic E-state index is 0.371. The molecule has 0 aromatic rings. The van der Waals surface area contributed by atoms with Gasteiger partial charge in [0.1, 0.15) is 0 Å². The van der Waals surface area contributed by atoms with E-state index in [1.54, 1.807) is 0 Å². The SMILES string of the molecule is CC(C)(C)C1CN(CC2(C(=O)O)CC2)C1. The van der Waals surface area contributed by atoms with Crippen molar-refractivity contribution in [3.05, 3.63) is 0 Å². The summed E-state index contributed by atoms with van der Waals surface area (Å²) in [6, 6.07) is 0. The number of hydrogen-bond donors (Lipinski definition) is 1. The van der Waals surface area contributed by atoms with Crippen LogP contribution in [-0.4, -0.2) is 35.6 Å². The van der Waals surface area contributed by atoms with Crippen molar-refractivity contribution in [2.24, 2.45) is 16.7 Å². The molecule has 0 spiro atoms. The maximum atomic E-state index is 11.0. The predicted molar refractivity (Wildman–Crippen MR) is 58.7 cm³/mol. The molecule has 0 amide bonds. The second-order valence-electron chi connectivity index (χ2n) is 6.34. The second-order valence-corrected chi connectivity index (χ2v) is 6.34. The van der Waals surface area contributed by atoms with E-state index in [1.807, 2.05) is 0 Å². The van der Waals surface area contributed by atoms with Crippen LogP contribution < -0.4 is 0 Å². The summed E-state index contributed by atoms with van der Waals surface area (Å²) < 4.78 is 0. The molecule has 1 N–H and O–H groups in total. The lowest BCUT2D eigenvalue weighted by molar-refractivity contribution is -0.145. The van der Waals surface area contributed by atoms with E-state index in [9.17, 15) is 4.79 Å². The molecular weight excluding hydrogens is 190 g/mol. The van der Waals surface area contributed by atoms with Crippen molar-refractivity contribution in [1.29, 1.82) is 0 Å². The standard InChI is InChI=1S/C12H21NO2/c1-11(2,3)9-6-13(7-9)8-12(4-5-12)10(14)15/h9H,4-8H2,1-3H3,(H,14,15). The number of nitrogens with zero attached hydrogens (tertiary/aromatic N) is 1. The third-order valence-electron chi connectivity index (χ3n) is 4.02. The number of likely N-dealkylation sites (tertiary alicyclic amines) is 1. The van der Waals surface area contributed by atoms with Crippen LogP contribution in [0.15, 0.2) is 0 Å². The first-order valence-electron chi connectivity index (χ1n) is 5.79. The summed E-state index contributed by atoms with van der Waals surface area (Å²) in [6.45, 7) is 9.73. The molecule has 0 radical (unpaired) electrons. The maximum absolute atomic E-state index is 11.0. The lowest BCUT2D eigenvalue weighted by atomic mass is 9.75. The first-order chi connectivity index (χ1) is 6.83. The van der Waals surface area contributed by atoms with Crippen molar-refractivity contribution >= 4 is 5.97 Å². The lowest BCUT2D eigenvalue weighted by Gasteiger charge is -2.47. The van der Waals surface area contributed by atoms with Gasteiger partial charge in [-0.1, -0.05) is 20.8 Å². The summed E-state index contributed by atoms with van der Waals surface area (Å²) in [5.41, 5.74) is -0.000702. The topological polar surface area (TPSA) is 40.5 Å². The number of carbonyl (C=O) groups is 1. The number of rotatable bonds is 3. The van der Waals surface area contributed by atoms with Crippen molar-refractivity contribution in [2.75, 3.05) is 19.6 Å². The molecule has 2 aliphatic rings. The molecule has 15 heavy (non-hydrogen) atoms. The molecule has 0 atom stereocenters. The van der Waals surface area contributed by atoms with E-state index in [0.29, 0.717) is 5.41 Å². The summed E-state index contributed by atoms with van der Waals surface area (Å²) in [5, 5.41) is 9.07. The van der Waals surface area contributed by atoms with Gasteiger partial charge in [-0.3, -0.25) is 4.79 Å². The molecule has 2 fully saturated rings. The van der Waals surface area contributed by atoms with Gasteiger partial charge < -0.3 is 10.0 Å². The summed E-state index contributed by atoms with van der Waals surface area (Å²) >= 11 is 0. The van der Waals surface area contributed by atoms with Gasteiger partial charge in [-0.05, 0) is 24.2 Å². The monoisotopic (exact) mass is 211 g/mol. The van der Waals surface area contributed by atoms with Gasteiger partial charge in [-0.2, -0.15) is 0 Å². The minimum Gasteiger partial charge on any atom is -0.481 e. The van der Waals surface area contributed by atoms with E-state index in [0.717, 1.165) is 38.4 Å². The molecule has 1 heterocycles. The summed E-state index contributed by atoms with van der Waals surface area (Å²) in [5.74, 6) is 0.142. The fourth-order valence-corrected chi connectivity index (χ4v) is 2.27. The van der Waals surface area contributed by atoms with E-state index < -0.39 is 5.97 Å². The summed E-state index contributed by atoms with van der Waals surface area (Å²) in [7, 11) is 0. The van der Waals surface area contributed by atoms with Crippen molar-refractivity contribution in [2.45, 2.75) is 33.6 Å². The molecule has 0 bridgehead atoms. The third-order valence-corrected chi connectivity index (χ3v) is 4.02. The van der Waals surface area contributed by atoms with Crippen LogP contribution in [0.25, 0.3) is 0 Å². The van der Waals surface area contributed by atoms with Crippen molar-refractivity contribution < 1.29 is 9.90 Å². The van der Waals surface area contributed by atoms with Gasteiger partial charge in [0.05, 0.1) is 5.41 Å². The Morgan fingerprint density at radius 2 is 1.93 bits per heavy atom. The summed E-state index contributed by atoms with van der Waals surface area (Å²) in [4.78, 5) is 13.3. The van der Waals surface area contributed by atoms with Crippen LogP contribution in [0.3, 0.4) is 0 Å². The molecule has 1 saturated heterocycles. The van der Waals surface area contributed by atoms with E-state index in [1.165, 1.54) is 0 Å². The van der Waals surface area contributed by atoms with Crippen LogP contribution in [-0.2, 0) is 4.79 Å². The zero-order valence-electron chi connectivity index (χ0n) is 9.92. The van der Waals surface area contributed by atoms with E-state index in [-0.39, 0.29) is 5.41 Å². The molecule has 1 saturated carbocycles. The highest BCUT2D eigenvalue weighted by Crippen LogP contribution is 2.48. The Kier molecular flexibility index (Phi) is 2.34. The quantitative estimate of drug-likeness (QED) is 0.774. The smallest absolute Gasteiger partial charge is 0.310 e. The van der Waals surface area contributed by atoms with Gasteiger partial charge in [-0.25, -0.2) is 0 Å². The van der Waals surface area contributed by atoms with Gasteiger partial charge in [0.25, 0.3) is 0 Å². The van der Waals surface area contributed by atoms with E-state index in [2.05, 4.69) is 25.7 Å². The van der Waals surface area contributed by atoms with Crippen LogP contribution in [0.1, 0.15) is 33.6 Å². The van der Waals surface area contributed by atoms with Crippen molar-refractivity contribution in [3.63, 3.8) is 0 Å². The fourth-order valence-electron chi connectivity index (χ4n) is 2.27. The average Bonchev–Trinajstić information content (AvgIpc) is 2.73. The molecule has 3 nitrogen and oxygen atoms in total. The Balaban J connectivity index is 1.79. The molecule has 1 aliphatic heterocycles. The highest BCUT2D eigenvalue weighted by atomic mass is 16.4.